The van der Waals surface area contributed by atoms with Gasteiger partial charge in [0.25, 0.3) is 0 Å². The molecular formula is C23H18F6O3. The fourth-order valence-corrected chi connectivity index (χ4v) is 2.89. The van der Waals surface area contributed by atoms with Gasteiger partial charge in [0.05, 0.1) is 13.2 Å². The molecule has 0 aliphatic carbocycles. The van der Waals surface area contributed by atoms with Crippen LogP contribution in [0.25, 0.3) is 0 Å². The first-order valence-electron chi connectivity index (χ1n) is 9.43. The Hall–Kier alpha value is -3.20. The predicted molar refractivity (Wildman–Crippen MR) is 104 cm³/mol. The summed E-state index contributed by atoms with van der Waals surface area (Å²) in [6, 6.07) is 16.5. The molecule has 0 saturated heterocycles. The van der Waals surface area contributed by atoms with Crippen LogP contribution in [0, 0.1) is 5.82 Å². The zero-order valence-electron chi connectivity index (χ0n) is 16.5. The fourth-order valence-electron chi connectivity index (χ4n) is 2.89. The molecule has 1 atom stereocenters. The van der Waals surface area contributed by atoms with Gasteiger partial charge in [0.15, 0.2) is 11.6 Å². The normalized spacial score (nSPS) is 12.6. The van der Waals surface area contributed by atoms with Gasteiger partial charge in [-0.05, 0) is 47.5 Å². The lowest BCUT2D eigenvalue weighted by Gasteiger charge is -2.21. The van der Waals surface area contributed by atoms with Gasteiger partial charge in [0.1, 0.15) is 17.4 Å². The van der Waals surface area contributed by atoms with Crippen molar-refractivity contribution in [2.24, 2.45) is 0 Å². The van der Waals surface area contributed by atoms with E-state index in [4.69, 9.17) is 9.47 Å². The average Bonchev–Trinajstić information content (AvgIpc) is 2.74. The molecule has 0 aromatic heterocycles. The van der Waals surface area contributed by atoms with Gasteiger partial charge in [-0.15, -0.1) is 0 Å². The summed E-state index contributed by atoms with van der Waals surface area (Å²) in [6.07, 6.45) is -4.63. The topological polar surface area (TPSA) is 27.7 Å². The molecule has 1 unspecified atom stereocenters. The molecule has 0 amide bonds. The molecule has 0 N–H and O–H groups in total. The molecule has 0 bridgehead atoms. The molecule has 0 radical (unpaired) electrons. The third-order valence-electron chi connectivity index (χ3n) is 4.42. The van der Waals surface area contributed by atoms with Gasteiger partial charge in [-0.25, -0.2) is 4.39 Å². The minimum atomic E-state index is -4.63. The summed E-state index contributed by atoms with van der Waals surface area (Å²) in [5.41, 5.74) is 0.255. The Morgan fingerprint density at radius 2 is 1.50 bits per heavy atom. The maximum Gasteiger partial charge on any atom is 0.397 e. The first-order chi connectivity index (χ1) is 15.2. The van der Waals surface area contributed by atoms with Gasteiger partial charge in [-0.1, -0.05) is 36.4 Å². The zero-order chi connectivity index (χ0) is 23.1. The van der Waals surface area contributed by atoms with Gasteiger partial charge in [-0.3, -0.25) is 0 Å². The Balaban J connectivity index is 1.65. The molecule has 3 aromatic rings. The fraction of sp³-hybridized carbons (Fsp3) is 0.217. The van der Waals surface area contributed by atoms with E-state index in [1.165, 1.54) is 12.1 Å². The van der Waals surface area contributed by atoms with Gasteiger partial charge in [0.2, 0.25) is 0 Å². The summed E-state index contributed by atoms with van der Waals surface area (Å²) < 4.78 is 93.8. The van der Waals surface area contributed by atoms with Crippen molar-refractivity contribution < 1.29 is 40.6 Å². The monoisotopic (exact) mass is 456 g/mol. The highest BCUT2D eigenvalue weighted by Crippen LogP contribution is 2.36. The van der Waals surface area contributed by atoms with Crippen LogP contribution >= 0.6 is 0 Å². The summed E-state index contributed by atoms with van der Waals surface area (Å²) in [6.45, 7) is -4.01. The molecule has 3 aromatic carbocycles. The molecule has 0 fully saturated rings. The third-order valence-corrected chi connectivity index (χ3v) is 4.42. The maximum atomic E-state index is 14.0. The van der Waals surface area contributed by atoms with Crippen LogP contribution in [0.1, 0.15) is 17.0 Å². The predicted octanol–water partition coefficient (Wildman–Crippen LogP) is 7.08. The Morgan fingerprint density at radius 3 is 2.12 bits per heavy atom. The van der Waals surface area contributed by atoms with Crippen molar-refractivity contribution >= 4 is 0 Å². The standard InChI is InChI=1S/C23H18F6O3/c24-20-11-6-15(12-21(20)31-17-4-2-1-3-5-17)13-30-14-19(23(27,28)29)16-7-9-18(10-8-16)32-22(25)26/h1-12,19,22H,13-14H2. The lowest BCUT2D eigenvalue weighted by Crippen LogP contribution is -2.25. The highest BCUT2D eigenvalue weighted by atomic mass is 19.4. The molecular weight excluding hydrogens is 438 g/mol. The Morgan fingerprint density at radius 1 is 0.812 bits per heavy atom. The highest BCUT2D eigenvalue weighted by Gasteiger charge is 2.40. The number of rotatable bonds is 9. The molecule has 0 heterocycles. The number of halogens is 6. The summed E-state index contributed by atoms with van der Waals surface area (Å²) >= 11 is 0. The molecule has 9 heteroatoms. The third kappa shape index (κ3) is 6.65. The molecule has 0 aliphatic rings. The molecule has 0 saturated carbocycles. The van der Waals surface area contributed by atoms with Crippen LogP contribution in [0.2, 0.25) is 0 Å². The van der Waals surface area contributed by atoms with E-state index in [9.17, 15) is 26.3 Å². The minimum Gasteiger partial charge on any atom is -0.454 e. The van der Waals surface area contributed by atoms with Crippen LogP contribution in [-0.2, 0) is 11.3 Å². The van der Waals surface area contributed by atoms with E-state index in [2.05, 4.69) is 4.74 Å². The summed E-state index contributed by atoms with van der Waals surface area (Å²) in [7, 11) is 0. The lowest BCUT2D eigenvalue weighted by atomic mass is 9.99. The largest absolute Gasteiger partial charge is 0.454 e. The number of para-hydroxylation sites is 1. The maximum absolute atomic E-state index is 14.0. The second-order valence-electron chi connectivity index (χ2n) is 6.74. The SMILES string of the molecule is Fc1ccc(COCC(c2ccc(OC(F)F)cc2)C(F)(F)F)cc1Oc1ccccc1. The van der Waals surface area contributed by atoms with E-state index in [0.717, 1.165) is 30.3 Å². The first kappa shape index (κ1) is 23.5. The van der Waals surface area contributed by atoms with E-state index in [0.29, 0.717) is 11.3 Å². The molecule has 3 nitrogen and oxygen atoms in total. The molecule has 0 spiro atoms. The van der Waals surface area contributed by atoms with E-state index in [1.807, 2.05) is 0 Å². The number of hydrogen-bond acceptors (Lipinski definition) is 3. The van der Waals surface area contributed by atoms with Gasteiger partial charge < -0.3 is 14.2 Å². The second-order valence-corrected chi connectivity index (χ2v) is 6.74. The smallest absolute Gasteiger partial charge is 0.397 e. The summed E-state index contributed by atoms with van der Waals surface area (Å²) in [5, 5.41) is 0. The Bertz CT molecular complexity index is 991. The minimum absolute atomic E-state index is 0.0840. The van der Waals surface area contributed by atoms with Crippen LogP contribution in [0.5, 0.6) is 17.2 Å². The van der Waals surface area contributed by atoms with E-state index >= 15 is 0 Å². The summed E-state index contributed by atoms with van der Waals surface area (Å²) in [4.78, 5) is 0. The number of alkyl halides is 5. The number of ether oxygens (including phenoxy) is 3. The van der Waals surface area contributed by atoms with Crippen LogP contribution in [-0.4, -0.2) is 19.4 Å². The molecule has 0 aliphatic heterocycles. The number of benzene rings is 3. The van der Waals surface area contributed by atoms with Crippen molar-refractivity contribution in [2.75, 3.05) is 6.61 Å². The van der Waals surface area contributed by atoms with Crippen LogP contribution in [0.15, 0.2) is 72.8 Å². The lowest BCUT2D eigenvalue weighted by molar-refractivity contribution is -0.163. The van der Waals surface area contributed by atoms with Crippen molar-refractivity contribution in [3.05, 3.63) is 89.7 Å². The van der Waals surface area contributed by atoms with Crippen molar-refractivity contribution in [1.82, 2.24) is 0 Å². The van der Waals surface area contributed by atoms with Crippen LogP contribution in [0.4, 0.5) is 26.3 Å². The quantitative estimate of drug-likeness (QED) is 0.322. The van der Waals surface area contributed by atoms with Gasteiger partial charge in [0, 0.05) is 0 Å². The van der Waals surface area contributed by atoms with Gasteiger partial charge in [-0.2, -0.15) is 22.0 Å². The van der Waals surface area contributed by atoms with Crippen molar-refractivity contribution in [1.29, 1.82) is 0 Å². The van der Waals surface area contributed by atoms with E-state index in [-0.39, 0.29) is 23.7 Å². The molecule has 32 heavy (non-hydrogen) atoms. The van der Waals surface area contributed by atoms with Crippen LogP contribution in [0.3, 0.4) is 0 Å². The summed E-state index contributed by atoms with van der Waals surface area (Å²) in [5.74, 6) is -2.54. The Kier molecular flexibility index (Phi) is 7.63. The van der Waals surface area contributed by atoms with Crippen molar-refractivity contribution in [3.63, 3.8) is 0 Å². The van der Waals surface area contributed by atoms with E-state index in [1.54, 1.807) is 30.3 Å². The van der Waals surface area contributed by atoms with Crippen molar-refractivity contribution in [2.45, 2.75) is 25.3 Å². The highest BCUT2D eigenvalue weighted by molar-refractivity contribution is 5.35. The molecule has 3 rings (SSSR count). The van der Waals surface area contributed by atoms with Crippen LogP contribution < -0.4 is 9.47 Å². The average molecular weight is 456 g/mol. The van der Waals surface area contributed by atoms with E-state index < -0.39 is 31.1 Å². The Labute approximate surface area is 180 Å². The van der Waals surface area contributed by atoms with Crippen molar-refractivity contribution in [3.8, 4) is 17.2 Å². The number of hydrogen-bond donors (Lipinski definition) is 0. The molecule has 170 valence electrons. The van der Waals surface area contributed by atoms with Gasteiger partial charge >= 0.3 is 12.8 Å². The second kappa shape index (κ2) is 10.4. The first-order valence-corrected chi connectivity index (χ1v) is 9.43. The zero-order valence-corrected chi connectivity index (χ0v) is 16.5.